The lowest BCUT2D eigenvalue weighted by molar-refractivity contribution is -0.0583. The van der Waals surface area contributed by atoms with Crippen LogP contribution >= 0.6 is 10.8 Å². The Morgan fingerprint density at radius 3 is 2.21 bits per heavy atom. The van der Waals surface area contributed by atoms with E-state index in [-0.39, 0.29) is 5.75 Å². The zero-order valence-electron chi connectivity index (χ0n) is 14.3. The number of hydrogen-bond donors (Lipinski definition) is 2. The minimum atomic E-state index is -4.02. The van der Waals surface area contributed by atoms with Crippen LogP contribution in [0.4, 0.5) is 0 Å². The van der Waals surface area contributed by atoms with Crippen molar-refractivity contribution >= 4 is 25.8 Å². The number of amidine groups is 1. The van der Waals surface area contributed by atoms with Gasteiger partial charge in [0.2, 0.25) is 0 Å². The van der Waals surface area contributed by atoms with E-state index in [0.717, 1.165) is 24.2 Å². The van der Waals surface area contributed by atoms with Crippen LogP contribution in [0.1, 0.15) is 64.2 Å². The first kappa shape index (κ1) is 18.5. The lowest BCUT2D eigenvalue weighted by Gasteiger charge is -2.57. The minimum Gasteiger partial charge on any atom is -0.387 e. The average molecular weight is 375 g/mol. The molecule has 3 N–H and O–H groups in total. The van der Waals surface area contributed by atoms with Crippen molar-refractivity contribution in [1.82, 2.24) is 0 Å². The molecule has 0 unspecified atom stereocenters. The van der Waals surface area contributed by atoms with Crippen LogP contribution in [-0.4, -0.2) is 31.1 Å². The molecule has 138 valence electrons. The third-order valence-corrected chi connectivity index (χ3v) is 8.16. The molecule has 0 saturated heterocycles. The van der Waals surface area contributed by atoms with Gasteiger partial charge in [-0.15, -0.1) is 0 Å². The first-order valence-electron chi connectivity index (χ1n) is 9.24. The van der Waals surface area contributed by atoms with Crippen molar-refractivity contribution in [2.75, 3.05) is 12.3 Å². The molecule has 4 bridgehead atoms. The molecule has 0 aliphatic heterocycles. The predicted molar refractivity (Wildman–Crippen MR) is 99.6 cm³/mol. The Bertz CT molecular complexity index is 539. The molecule has 24 heavy (non-hydrogen) atoms. The van der Waals surface area contributed by atoms with E-state index in [1.54, 1.807) is 0 Å². The van der Waals surface area contributed by atoms with E-state index >= 15 is 0 Å². The molecule has 0 spiro atoms. The summed E-state index contributed by atoms with van der Waals surface area (Å²) in [5.41, 5.74) is 6.32. The van der Waals surface area contributed by atoms with Crippen molar-refractivity contribution in [2.45, 2.75) is 64.2 Å². The summed E-state index contributed by atoms with van der Waals surface area (Å²) in [6.45, 7) is 0.652. The molecule has 4 aliphatic carbocycles. The number of aliphatic imine (C=N–C) groups is 1. The van der Waals surface area contributed by atoms with Crippen LogP contribution in [0.3, 0.4) is 0 Å². The first-order valence-corrected chi connectivity index (χ1v) is 12.2. The zero-order chi connectivity index (χ0) is 17.2. The molecule has 0 atom stereocenters. The summed E-state index contributed by atoms with van der Waals surface area (Å²) in [5.74, 6) is 3.41. The van der Waals surface area contributed by atoms with Gasteiger partial charge in [0.25, 0.3) is 0 Å². The molecule has 4 aliphatic rings. The van der Waals surface area contributed by atoms with E-state index in [1.165, 1.54) is 57.8 Å². The fraction of sp³-hybridized carbons (Fsp3) is 0.941. The van der Waals surface area contributed by atoms with Gasteiger partial charge in [-0.3, -0.25) is 9.55 Å². The third-order valence-electron chi connectivity index (χ3n) is 6.20. The molecule has 4 fully saturated rings. The van der Waals surface area contributed by atoms with Gasteiger partial charge in [0.05, 0.1) is 5.75 Å². The van der Waals surface area contributed by atoms with Crippen molar-refractivity contribution in [3.05, 3.63) is 0 Å². The third kappa shape index (κ3) is 5.11. The molecule has 0 aromatic heterocycles. The molecule has 5 nitrogen and oxygen atoms in total. The molecular weight excluding hydrogens is 344 g/mol. The van der Waals surface area contributed by atoms with E-state index in [9.17, 15) is 8.42 Å². The largest absolute Gasteiger partial charge is 0.387 e. The monoisotopic (exact) mass is 374 g/mol. The highest BCUT2D eigenvalue weighted by atomic mass is 33.1. The normalized spacial score (nSPS) is 35.5. The maximum Gasteiger partial charge on any atom is 0.320 e. The second kappa shape index (κ2) is 7.54. The summed E-state index contributed by atoms with van der Waals surface area (Å²) < 4.78 is 29.9. The Balaban J connectivity index is 1.32. The van der Waals surface area contributed by atoms with Crippen molar-refractivity contribution in [2.24, 2.45) is 33.9 Å². The van der Waals surface area contributed by atoms with Crippen LogP contribution in [-0.2, 0) is 9.15 Å². The van der Waals surface area contributed by atoms with Crippen LogP contribution < -0.4 is 5.73 Å². The number of nitrogens with two attached hydrogens (primary N) is 1. The predicted octanol–water partition coefficient (Wildman–Crippen LogP) is 3.66. The topological polar surface area (TPSA) is 92.8 Å². The molecule has 0 aromatic carbocycles. The molecule has 0 amide bonds. The van der Waals surface area contributed by atoms with E-state index in [2.05, 4.69) is 4.99 Å². The summed E-state index contributed by atoms with van der Waals surface area (Å²) in [7, 11) is -3.61. The Morgan fingerprint density at radius 1 is 1.08 bits per heavy atom. The maximum atomic E-state index is 10.6. The average Bonchev–Trinajstić information content (AvgIpc) is 2.46. The van der Waals surface area contributed by atoms with E-state index in [1.807, 2.05) is 0 Å². The number of unbranched alkanes of at least 4 members (excludes halogenated alkanes) is 2. The molecule has 0 aromatic rings. The van der Waals surface area contributed by atoms with Gasteiger partial charge in [-0.2, -0.15) is 8.42 Å². The molecule has 7 heteroatoms. The van der Waals surface area contributed by atoms with Crippen LogP contribution in [0, 0.1) is 23.2 Å². The number of nitrogens with zero attached hydrogens (tertiary/aromatic N) is 1. The van der Waals surface area contributed by atoms with Crippen molar-refractivity contribution in [3.8, 4) is 0 Å². The summed E-state index contributed by atoms with van der Waals surface area (Å²) in [6, 6.07) is 0. The summed E-state index contributed by atoms with van der Waals surface area (Å²) in [5, 5.41) is 0. The van der Waals surface area contributed by atoms with Crippen LogP contribution in [0.5, 0.6) is 0 Å². The summed E-state index contributed by atoms with van der Waals surface area (Å²) >= 11 is 0. The Morgan fingerprint density at radius 2 is 1.67 bits per heavy atom. The number of hydrogen-bond acceptors (Lipinski definition) is 4. The molecular formula is C17H30N2O3S2. The SMILES string of the molecule is NC(CSS(=O)(=O)O)=NCCCCCC12CC3CC(CC(C3)C1)C2. The van der Waals surface area contributed by atoms with Gasteiger partial charge in [-0.05, 0) is 74.5 Å². The van der Waals surface area contributed by atoms with Crippen molar-refractivity contribution in [3.63, 3.8) is 0 Å². The van der Waals surface area contributed by atoms with Crippen LogP contribution in [0.25, 0.3) is 0 Å². The van der Waals surface area contributed by atoms with Gasteiger partial charge in [0, 0.05) is 17.3 Å². The van der Waals surface area contributed by atoms with Crippen molar-refractivity contribution in [1.29, 1.82) is 0 Å². The molecule has 4 rings (SSSR count). The lowest BCUT2D eigenvalue weighted by atomic mass is 9.48. The molecule has 0 radical (unpaired) electrons. The maximum absolute atomic E-state index is 10.6. The summed E-state index contributed by atoms with van der Waals surface area (Å²) in [6.07, 6.45) is 13.8. The Kier molecular flexibility index (Phi) is 5.82. The Hall–Kier alpha value is -0.270. The molecule has 0 heterocycles. The standard InChI is InChI=1S/C17H30N2O3S2/c18-16(12-23-24(20,21)22)19-5-3-1-2-4-17-9-13-6-14(10-17)8-15(7-13)11-17/h13-15H,1-12H2,(H2,18,19)(H,20,21,22). The molecule has 4 saturated carbocycles. The fourth-order valence-electron chi connectivity index (χ4n) is 5.79. The van der Waals surface area contributed by atoms with Gasteiger partial charge in [0.1, 0.15) is 5.84 Å². The van der Waals surface area contributed by atoms with Gasteiger partial charge in [-0.25, -0.2) is 0 Å². The lowest BCUT2D eigenvalue weighted by Crippen LogP contribution is -2.45. The first-order chi connectivity index (χ1) is 11.3. The van der Waals surface area contributed by atoms with Crippen LogP contribution in [0.2, 0.25) is 0 Å². The highest BCUT2D eigenvalue weighted by Gasteiger charge is 2.50. The van der Waals surface area contributed by atoms with Gasteiger partial charge in [0.15, 0.2) is 0 Å². The highest BCUT2D eigenvalue weighted by molar-refractivity contribution is 8.70. The fourth-order valence-corrected chi connectivity index (χ4v) is 6.96. The number of rotatable bonds is 9. The second-order valence-electron chi connectivity index (χ2n) is 8.29. The van der Waals surface area contributed by atoms with Gasteiger partial charge < -0.3 is 5.73 Å². The smallest absolute Gasteiger partial charge is 0.320 e. The highest BCUT2D eigenvalue weighted by Crippen LogP contribution is 2.61. The quantitative estimate of drug-likeness (QED) is 0.211. The van der Waals surface area contributed by atoms with Crippen LogP contribution in [0.15, 0.2) is 4.99 Å². The van der Waals surface area contributed by atoms with E-state index < -0.39 is 9.15 Å². The van der Waals surface area contributed by atoms with Crippen molar-refractivity contribution < 1.29 is 13.0 Å². The second-order valence-corrected chi connectivity index (χ2v) is 11.6. The van der Waals surface area contributed by atoms with E-state index in [0.29, 0.717) is 28.6 Å². The van der Waals surface area contributed by atoms with E-state index in [4.69, 9.17) is 10.3 Å². The van der Waals surface area contributed by atoms with Gasteiger partial charge in [-0.1, -0.05) is 12.8 Å². The summed E-state index contributed by atoms with van der Waals surface area (Å²) in [4.78, 5) is 4.19. The minimum absolute atomic E-state index is 0.0338. The Labute approximate surface area is 149 Å². The zero-order valence-corrected chi connectivity index (χ0v) is 16.0. The van der Waals surface area contributed by atoms with Gasteiger partial charge >= 0.3 is 9.15 Å².